The first-order valence-corrected chi connectivity index (χ1v) is 12.5. The van der Waals surface area contributed by atoms with Gasteiger partial charge in [0.1, 0.15) is 5.75 Å². The number of carbonyl (C=O) groups is 1. The molecule has 0 radical (unpaired) electrons. The second kappa shape index (κ2) is 9.94. The van der Waals surface area contributed by atoms with Gasteiger partial charge >= 0.3 is 6.36 Å². The van der Waals surface area contributed by atoms with E-state index in [2.05, 4.69) is 19.9 Å². The van der Waals surface area contributed by atoms with E-state index in [0.717, 1.165) is 51.3 Å². The van der Waals surface area contributed by atoms with Gasteiger partial charge in [0.25, 0.3) is 0 Å². The molecular weight excluding hydrogens is 471 g/mol. The standard InChI is InChI=1S/C27H30F3N3O3/c1-18-23(8-9-26(10-11-26)17-33-12-14-35-15-13-33)31-32-24-7-4-20(16-22(24)25(18)34)19-2-5-21(6-3-19)36-27(28,29)30/h2-7,16,18,23H,8-15,17H2,1H3. The lowest BCUT2D eigenvalue weighted by Gasteiger charge is -2.31. The highest BCUT2D eigenvalue weighted by Gasteiger charge is 2.44. The van der Waals surface area contributed by atoms with Crippen LogP contribution in [0.5, 0.6) is 5.75 Å². The second-order valence-corrected chi connectivity index (χ2v) is 10.2. The smallest absolute Gasteiger partial charge is 0.406 e. The molecule has 36 heavy (non-hydrogen) atoms. The summed E-state index contributed by atoms with van der Waals surface area (Å²) in [5.74, 6) is -0.590. The molecular formula is C27H30F3N3O3. The molecule has 2 aromatic carbocycles. The van der Waals surface area contributed by atoms with Gasteiger partial charge in [-0.2, -0.15) is 10.2 Å². The Labute approximate surface area is 208 Å². The molecule has 2 heterocycles. The molecule has 0 bridgehead atoms. The summed E-state index contributed by atoms with van der Waals surface area (Å²) in [5, 5.41) is 9.00. The van der Waals surface area contributed by atoms with Crippen LogP contribution >= 0.6 is 0 Å². The predicted octanol–water partition coefficient (Wildman–Crippen LogP) is 6.43. The molecule has 5 rings (SSSR count). The topological polar surface area (TPSA) is 63.5 Å². The first-order chi connectivity index (χ1) is 17.2. The maximum atomic E-state index is 13.4. The van der Waals surface area contributed by atoms with Crippen LogP contribution in [0.3, 0.4) is 0 Å². The summed E-state index contributed by atoms with van der Waals surface area (Å²) >= 11 is 0. The van der Waals surface area contributed by atoms with Crippen molar-refractivity contribution >= 4 is 11.5 Å². The van der Waals surface area contributed by atoms with Crippen molar-refractivity contribution in [3.63, 3.8) is 0 Å². The van der Waals surface area contributed by atoms with Crippen LogP contribution in [0.1, 0.15) is 43.0 Å². The number of fused-ring (bicyclic) bond motifs is 1. The number of halogens is 3. The van der Waals surface area contributed by atoms with E-state index in [1.807, 2.05) is 6.92 Å². The van der Waals surface area contributed by atoms with Crippen LogP contribution in [-0.4, -0.2) is 55.9 Å². The fourth-order valence-electron chi connectivity index (χ4n) is 5.16. The first-order valence-electron chi connectivity index (χ1n) is 12.5. The van der Waals surface area contributed by atoms with Gasteiger partial charge in [-0.3, -0.25) is 9.69 Å². The van der Waals surface area contributed by atoms with Crippen LogP contribution in [0, 0.1) is 11.3 Å². The number of carbonyl (C=O) groups excluding carboxylic acids is 1. The highest BCUT2D eigenvalue weighted by molar-refractivity contribution is 6.03. The van der Waals surface area contributed by atoms with Gasteiger partial charge in [0.05, 0.1) is 24.9 Å². The Balaban J connectivity index is 1.26. The van der Waals surface area contributed by atoms with E-state index in [-0.39, 0.29) is 23.5 Å². The summed E-state index contributed by atoms with van der Waals surface area (Å²) in [6, 6.07) is 10.8. The number of nitrogens with zero attached hydrogens (tertiary/aromatic N) is 3. The van der Waals surface area contributed by atoms with Gasteiger partial charge in [-0.1, -0.05) is 25.1 Å². The maximum Gasteiger partial charge on any atom is 0.573 e. The Morgan fingerprint density at radius 3 is 2.44 bits per heavy atom. The zero-order valence-electron chi connectivity index (χ0n) is 20.3. The van der Waals surface area contributed by atoms with E-state index in [1.165, 1.54) is 25.0 Å². The SMILES string of the molecule is CC1C(=O)c2cc(-c3ccc(OC(F)(F)F)cc3)ccc2N=NC1CCC1(CN2CCOCC2)CC1. The largest absolute Gasteiger partial charge is 0.573 e. The number of benzene rings is 2. The Morgan fingerprint density at radius 2 is 1.78 bits per heavy atom. The fourth-order valence-corrected chi connectivity index (χ4v) is 5.16. The van der Waals surface area contributed by atoms with Crippen molar-refractivity contribution < 1.29 is 27.4 Å². The van der Waals surface area contributed by atoms with Gasteiger partial charge < -0.3 is 9.47 Å². The zero-order chi connectivity index (χ0) is 25.3. The van der Waals surface area contributed by atoms with Crippen LogP contribution in [-0.2, 0) is 4.74 Å². The minimum atomic E-state index is -4.74. The van der Waals surface area contributed by atoms with Gasteiger partial charge in [-0.05, 0) is 66.5 Å². The van der Waals surface area contributed by atoms with Crippen molar-refractivity contribution in [2.24, 2.45) is 21.6 Å². The first kappa shape index (κ1) is 24.9. The number of Topliss-reactive ketones (excluding diaryl/α,β-unsaturated/α-hetero) is 1. The number of morpholine rings is 1. The molecule has 1 saturated carbocycles. The summed E-state index contributed by atoms with van der Waals surface area (Å²) in [6.07, 6.45) is -0.459. The van der Waals surface area contributed by atoms with E-state index in [1.54, 1.807) is 30.3 Å². The minimum absolute atomic E-state index is 0.00287. The third-order valence-electron chi connectivity index (χ3n) is 7.58. The molecule has 3 aliphatic rings. The quantitative estimate of drug-likeness (QED) is 0.439. The molecule has 2 unspecified atom stereocenters. The molecule has 0 aromatic heterocycles. The molecule has 2 fully saturated rings. The summed E-state index contributed by atoms with van der Waals surface area (Å²) < 4.78 is 46.8. The third kappa shape index (κ3) is 5.78. The third-order valence-corrected chi connectivity index (χ3v) is 7.58. The van der Waals surface area contributed by atoms with Crippen LogP contribution < -0.4 is 4.74 Å². The lowest BCUT2D eigenvalue weighted by Crippen LogP contribution is -2.40. The van der Waals surface area contributed by atoms with E-state index in [0.29, 0.717) is 22.2 Å². The van der Waals surface area contributed by atoms with E-state index in [9.17, 15) is 18.0 Å². The molecule has 1 saturated heterocycles. The number of hydrogen-bond acceptors (Lipinski definition) is 6. The van der Waals surface area contributed by atoms with Gasteiger partial charge in [-0.25, -0.2) is 0 Å². The summed E-state index contributed by atoms with van der Waals surface area (Å²) in [7, 11) is 0. The van der Waals surface area contributed by atoms with Crippen molar-refractivity contribution in [3.05, 3.63) is 48.0 Å². The molecule has 0 spiro atoms. The van der Waals surface area contributed by atoms with Crippen LogP contribution in [0.2, 0.25) is 0 Å². The molecule has 2 aliphatic heterocycles. The van der Waals surface area contributed by atoms with Crippen molar-refractivity contribution in [2.75, 3.05) is 32.8 Å². The maximum absolute atomic E-state index is 13.4. The number of rotatable bonds is 7. The van der Waals surface area contributed by atoms with Gasteiger partial charge in [0, 0.05) is 31.1 Å². The van der Waals surface area contributed by atoms with Crippen LogP contribution in [0.15, 0.2) is 52.7 Å². The van der Waals surface area contributed by atoms with Crippen molar-refractivity contribution in [2.45, 2.75) is 45.0 Å². The van der Waals surface area contributed by atoms with Crippen LogP contribution in [0.25, 0.3) is 11.1 Å². The molecule has 2 aromatic rings. The number of azo groups is 1. The molecule has 6 nitrogen and oxygen atoms in total. The average Bonchev–Trinajstić information content (AvgIpc) is 3.63. The second-order valence-electron chi connectivity index (χ2n) is 10.2. The average molecular weight is 502 g/mol. The minimum Gasteiger partial charge on any atom is -0.406 e. The van der Waals surface area contributed by atoms with Crippen molar-refractivity contribution in [3.8, 4) is 16.9 Å². The van der Waals surface area contributed by atoms with Gasteiger partial charge in [-0.15, -0.1) is 13.2 Å². The zero-order valence-corrected chi connectivity index (χ0v) is 20.3. The predicted molar refractivity (Wildman–Crippen MR) is 129 cm³/mol. The van der Waals surface area contributed by atoms with Crippen LogP contribution in [0.4, 0.5) is 18.9 Å². The molecule has 192 valence electrons. The highest BCUT2D eigenvalue weighted by atomic mass is 19.4. The van der Waals surface area contributed by atoms with Gasteiger partial charge in [0.2, 0.25) is 0 Å². The summed E-state index contributed by atoms with van der Waals surface area (Å²) in [5.41, 5.74) is 2.76. The van der Waals surface area contributed by atoms with Crippen molar-refractivity contribution in [1.82, 2.24) is 4.90 Å². The lowest BCUT2D eigenvalue weighted by atomic mass is 9.86. The number of ether oxygens (including phenoxy) is 2. The van der Waals surface area contributed by atoms with E-state index in [4.69, 9.17) is 4.74 Å². The molecule has 0 amide bonds. The number of alkyl halides is 3. The van der Waals surface area contributed by atoms with E-state index < -0.39 is 6.36 Å². The Morgan fingerprint density at radius 1 is 1.08 bits per heavy atom. The summed E-state index contributed by atoms with van der Waals surface area (Å²) in [4.78, 5) is 15.9. The normalized spacial score (nSPS) is 23.7. The fraction of sp³-hybridized carbons (Fsp3) is 0.519. The molecule has 1 aliphatic carbocycles. The lowest BCUT2D eigenvalue weighted by molar-refractivity contribution is -0.274. The highest BCUT2D eigenvalue weighted by Crippen LogP contribution is 2.51. The number of hydrogen-bond donors (Lipinski definition) is 0. The van der Waals surface area contributed by atoms with Gasteiger partial charge in [0.15, 0.2) is 5.78 Å². The van der Waals surface area contributed by atoms with E-state index >= 15 is 0 Å². The number of ketones is 1. The molecule has 9 heteroatoms. The monoisotopic (exact) mass is 501 g/mol. The Kier molecular flexibility index (Phi) is 6.87. The Hall–Kier alpha value is -2.78. The Bertz CT molecular complexity index is 1120. The molecule has 0 N–H and O–H groups in total. The summed E-state index contributed by atoms with van der Waals surface area (Å²) in [6.45, 7) is 6.55. The molecule has 2 atom stereocenters. The van der Waals surface area contributed by atoms with Crippen molar-refractivity contribution in [1.29, 1.82) is 0 Å².